The lowest BCUT2D eigenvalue weighted by Gasteiger charge is -2.34. The molecule has 1 atom stereocenters. The summed E-state index contributed by atoms with van der Waals surface area (Å²) in [5.41, 5.74) is 2.65. The van der Waals surface area contributed by atoms with Crippen LogP contribution in [0.2, 0.25) is 0 Å². The standard InChI is InChI=1S/C21H33NO4/c1-14-11-17(25-6)12-15(2)19(14)18(23)13-16-7-9-22(10-8-16)20(24)26-21(3,4)5/h11-12,16,18,23H,7-10,13H2,1-6H3. The first-order chi connectivity index (χ1) is 12.1. The Kier molecular flexibility index (Phi) is 6.56. The Bertz CT molecular complexity index is 604. The Morgan fingerprint density at radius 2 is 1.77 bits per heavy atom. The van der Waals surface area contributed by atoms with E-state index in [0.717, 1.165) is 41.7 Å². The second-order valence-corrected chi connectivity index (χ2v) is 8.34. The summed E-state index contributed by atoms with van der Waals surface area (Å²) in [6.45, 7) is 11.0. The number of aliphatic hydroxyl groups excluding tert-OH is 1. The van der Waals surface area contributed by atoms with E-state index in [1.165, 1.54) is 0 Å². The highest BCUT2D eigenvalue weighted by molar-refractivity contribution is 5.68. The van der Waals surface area contributed by atoms with Gasteiger partial charge in [0.05, 0.1) is 13.2 Å². The van der Waals surface area contributed by atoms with Crippen LogP contribution in [0.5, 0.6) is 5.75 Å². The summed E-state index contributed by atoms with van der Waals surface area (Å²) in [5, 5.41) is 10.8. The molecule has 1 aromatic carbocycles. The summed E-state index contributed by atoms with van der Waals surface area (Å²) in [7, 11) is 1.66. The Morgan fingerprint density at radius 3 is 2.23 bits per heavy atom. The summed E-state index contributed by atoms with van der Waals surface area (Å²) in [6.07, 6.45) is 1.78. The molecule has 1 aliphatic heterocycles. The van der Waals surface area contributed by atoms with Crippen molar-refractivity contribution < 1.29 is 19.4 Å². The van der Waals surface area contributed by atoms with Crippen LogP contribution in [0.1, 0.15) is 62.8 Å². The maximum Gasteiger partial charge on any atom is 0.410 e. The van der Waals surface area contributed by atoms with Crippen LogP contribution in [0.25, 0.3) is 0 Å². The number of amides is 1. The van der Waals surface area contributed by atoms with E-state index in [0.29, 0.717) is 19.0 Å². The molecule has 146 valence electrons. The number of rotatable bonds is 4. The zero-order chi connectivity index (χ0) is 19.5. The van der Waals surface area contributed by atoms with Crippen molar-refractivity contribution in [2.24, 2.45) is 5.92 Å². The van der Waals surface area contributed by atoms with E-state index in [2.05, 4.69) is 0 Å². The number of carbonyl (C=O) groups is 1. The van der Waals surface area contributed by atoms with Gasteiger partial charge in [0.25, 0.3) is 0 Å². The predicted molar refractivity (Wildman–Crippen MR) is 103 cm³/mol. The first-order valence-electron chi connectivity index (χ1n) is 9.42. The van der Waals surface area contributed by atoms with Crippen LogP contribution in [0.3, 0.4) is 0 Å². The molecule has 1 unspecified atom stereocenters. The molecule has 1 saturated heterocycles. The van der Waals surface area contributed by atoms with Crippen LogP contribution in [0, 0.1) is 19.8 Å². The number of likely N-dealkylation sites (tertiary alicyclic amines) is 1. The number of nitrogens with zero attached hydrogens (tertiary/aromatic N) is 1. The summed E-state index contributed by atoms with van der Waals surface area (Å²) < 4.78 is 10.7. The third-order valence-corrected chi connectivity index (χ3v) is 4.96. The first-order valence-corrected chi connectivity index (χ1v) is 9.42. The average Bonchev–Trinajstić information content (AvgIpc) is 2.53. The molecule has 5 nitrogen and oxygen atoms in total. The second kappa shape index (κ2) is 8.30. The summed E-state index contributed by atoms with van der Waals surface area (Å²) in [6, 6.07) is 3.94. The smallest absolute Gasteiger partial charge is 0.410 e. The molecule has 0 saturated carbocycles. The Labute approximate surface area is 157 Å². The Balaban J connectivity index is 1.92. The van der Waals surface area contributed by atoms with Crippen LogP contribution >= 0.6 is 0 Å². The topological polar surface area (TPSA) is 59.0 Å². The highest BCUT2D eigenvalue weighted by Gasteiger charge is 2.28. The van der Waals surface area contributed by atoms with Gasteiger partial charge >= 0.3 is 6.09 Å². The fourth-order valence-electron chi connectivity index (χ4n) is 3.69. The maximum absolute atomic E-state index is 12.2. The number of carbonyl (C=O) groups excluding carboxylic acids is 1. The monoisotopic (exact) mass is 363 g/mol. The van der Waals surface area contributed by atoms with Gasteiger partial charge in [-0.05, 0) is 88.6 Å². The van der Waals surface area contributed by atoms with Crippen molar-refractivity contribution in [1.29, 1.82) is 0 Å². The molecular weight excluding hydrogens is 330 g/mol. The number of methoxy groups -OCH3 is 1. The molecule has 26 heavy (non-hydrogen) atoms. The SMILES string of the molecule is COc1cc(C)c(C(O)CC2CCN(C(=O)OC(C)(C)C)CC2)c(C)c1. The maximum atomic E-state index is 12.2. The van der Waals surface area contributed by atoms with Gasteiger partial charge in [0, 0.05) is 13.1 Å². The van der Waals surface area contributed by atoms with Crippen LogP contribution < -0.4 is 4.74 Å². The molecule has 1 aliphatic rings. The molecule has 1 amide bonds. The Hall–Kier alpha value is -1.75. The number of hydrogen-bond acceptors (Lipinski definition) is 4. The number of aliphatic hydroxyl groups is 1. The molecular formula is C21H33NO4. The highest BCUT2D eigenvalue weighted by atomic mass is 16.6. The number of ether oxygens (including phenoxy) is 2. The predicted octanol–water partition coefficient (Wildman–Crippen LogP) is 4.38. The lowest BCUT2D eigenvalue weighted by atomic mass is 9.86. The molecule has 1 aromatic rings. The van der Waals surface area contributed by atoms with E-state index in [-0.39, 0.29) is 6.09 Å². The van der Waals surface area contributed by atoms with Crippen LogP contribution in [0.15, 0.2) is 12.1 Å². The zero-order valence-corrected chi connectivity index (χ0v) is 17.0. The van der Waals surface area contributed by atoms with Crippen molar-refractivity contribution in [3.63, 3.8) is 0 Å². The summed E-state index contributed by atoms with van der Waals surface area (Å²) in [5.74, 6) is 1.23. The fraction of sp³-hybridized carbons (Fsp3) is 0.667. The average molecular weight is 363 g/mol. The van der Waals surface area contributed by atoms with Gasteiger partial charge in [0.1, 0.15) is 11.4 Å². The number of piperidine rings is 1. The minimum atomic E-state index is -0.487. The van der Waals surface area contributed by atoms with Gasteiger partial charge in [-0.25, -0.2) is 4.79 Å². The second-order valence-electron chi connectivity index (χ2n) is 8.34. The lowest BCUT2D eigenvalue weighted by Crippen LogP contribution is -2.41. The van der Waals surface area contributed by atoms with E-state index < -0.39 is 11.7 Å². The van der Waals surface area contributed by atoms with Gasteiger partial charge in [-0.2, -0.15) is 0 Å². The molecule has 1 fully saturated rings. The molecule has 0 spiro atoms. The van der Waals surface area contributed by atoms with Crippen LogP contribution in [-0.4, -0.2) is 41.9 Å². The van der Waals surface area contributed by atoms with Gasteiger partial charge < -0.3 is 19.5 Å². The van der Waals surface area contributed by atoms with Crippen molar-refractivity contribution >= 4 is 6.09 Å². The van der Waals surface area contributed by atoms with E-state index in [1.807, 2.05) is 46.8 Å². The van der Waals surface area contributed by atoms with Crippen LogP contribution in [0.4, 0.5) is 4.79 Å². The van der Waals surface area contributed by atoms with Gasteiger partial charge in [0.15, 0.2) is 0 Å². The van der Waals surface area contributed by atoms with Gasteiger partial charge in [-0.15, -0.1) is 0 Å². The van der Waals surface area contributed by atoms with Crippen molar-refractivity contribution in [3.05, 3.63) is 28.8 Å². The van der Waals surface area contributed by atoms with Crippen molar-refractivity contribution in [2.75, 3.05) is 20.2 Å². The fourth-order valence-corrected chi connectivity index (χ4v) is 3.69. The van der Waals surface area contributed by atoms with Crippen molar-refractivity contribution in [3.8, 4) is 5.75 Å². The molecule has 0 aromatic heterocycles. The van der Waals surface area contributed by atoms with Gasteiger partial charge in [0.2, 0.25) is 0 Å². The van der Waals surface area contributed by atoms with Crippen molar-refractivity contribution in [1.82, 2.24) is 4.90 Å². The minimum absolute atomic E-state index is 0.238. The molecule has 0 aliphatic carbocycles. The molecule has 1 heterocycles. The zero-order valence-electron chi connectivity index (χ0n) is 17.0. The third-order valence-electron chi connectivity index (χ3n) is 4.96. The summed E-state index contributed by atoms with van der Waals surface area (Å²) in [4.78, 5) is 13.9. The lowest BCUT2D eigenvalue weighted by molar-refractivity contribution is 0.0161. The van der Waals surface area contributed by atoms with Gasteiger partial charge in [-0.3, -0.25) is 0 Å². The molecule has 0 bridgehead atoms. The van der Waals surface area contributed by atoms with E-state index in [4.69, 9.17) is 9.47 Å². The first kappa shape index (κ1) is 20.6. The van der Waals surface area contributed by atoms with Crippen LogP contribution in [-0.2, 0) is 4.74 Å². The quantitative estimate of drug-likeness (QED) is 0.862. The normalized spacial score (nSPS) is 17.1. The van der Waals surface area contributed by atoms with Crippen molar-refractivity contribution in [2.45, 2.75) is 65.6 Å². The minimum Gasteiger partial charge on any atom is -0.497 e. The Morgan fingerprint density at radius 1 is 1.23 bits per heavy atom. The molecule has 5 heteroatoms. The van der Waals surface area contributed by atoms with E-state index >= 15 is 0 Å². The van der Waals surface area contributed by atoms with E-state index in [1.54, 1.807) is 12.0 Å². The van der Waals surface area contributed by atoms with E-state index in [9.17, 15) is 9.90 Å². The highest BCUT2D eigenvalue weighted by Crippen LogP contribution is 2.33. The largest absolute Gasteiger partial charge is 0.497 e. The summed E-state index contributed by atoms with van der Waals surface area (Å²) >= 11 is 0. The number of hydrogen-bond donors (Lipinski definition) is 1. The number of benzene rings is 1. The van der Waals surface area contributed by atoms with Gasteiger partial charge in [-0.1, -0.05) is 0 Å². The third kappa shape index (κ3) is 5.37. The molecule has 0 radical (unpaired) electrons. The molecule has 2 rings (SSSR count). The molecule has 1 N–H and O–H groups in total. The number of aryl methyl sites for hydroxylation is 2.